The van der Waals surface area contributed by atoms with Crippen LogP contribution in [0.15, 0.2) is 17.4 Å². The topological polar surface area (TPSA) is 65.7 Å². The van der Waals surface area contributed by atoms with Gasteiger partial charge in [-0.05, 0) is 24.8 Å². The quantitative estimate of drug-likeness (QED) is 0.412. The van der Waals surface area contributed by atoms with E-state index in [-0.39, 0.29) is 35.5 Å². The number of aliphatic imine (C=N–C) groups is 1. The van der Waals surface area contributed by atoms with E-state index in [1.807, 2.05) is 25.0 Å². The molecule has 1 aliphatic carbocycles. The number of aliphatic hydroxyl groups excluding tert-OH is 1. The molecule has 2 fully saturated rings. The lowest BCUT2D eigenvalue weighted by atomic mass is 9.73. The number of nitrogens with zero attached hydrogens (tertiary/aromatic N) is 4. The average Bonchev–Trinajstić information content (AvgIpc) is 3.20. The average molecular weight is 461 g/mol. The summed E-state index contributed by atoms with van der Waals surface area (Å²) in [5.41, 5.74) is 1.27. The van der Waals surface area contributed by atoms with Gasteiger partial charge in [0.25, 0.3) is 0 Å². The van der Waals surface area contributed by atoms with Gasteiger partial charge in [-0.1, -0.05) is 19.8 Å². The van der Waals surface area contributed by atoms with Crippen molar-refractivity contribution in [2.24, 2.45) is 17.5 Å². The van der Waals surface area contributed by atoms with E-state index in [1.165, 1.54) is 12.0 Å². The fourth-order valence-corrected chi connectivity index (χ4v) is 4.08. The molecule has 1 aliphatic heterocycles. The van der Waals surface area contributed by atoms with Crippen LogP contribution in [0.4, 0.5) is 0 Å². The van der Waals surface area contributed by atoms with Crippen molar-refractivity contribution in [3.63, 3.8) is 0 Å². The van der Waals surface area contributed by atoms with Crippen LogP contribution in [0, 0.1) is 5.41 Å². The molecule has 0 amide bonds. The third-order valence-electron chi connectivity index (χ3n) is 5.83. The lowest BCUT2D eigenvalue weighted by Gasteiger charge is -2.39. The number of nitrogens with one attached hydrogen (secondary N) is 1. The maximum Gasteiger partial charge on any atom is 0.193 e. The third kappa shape index (κ3) is 4.67. The zero-order valence-corrected chi connectivity index (χ0v) is 17.9. The highest BCUT2D eigenvalue weighted by atomic mass is 127. The summed E-state index contributed by atoms with van der Waals surface area (Å²) in [6, 6.07) is 0. The first-order chi connectivity index (χ1) is 11.5. The molecule has 3 rings (SSSR count). The summed E-state index contributed by atoms with van der Waals surface area (Å²) in [4.78, 5) is 6.80. The largest absolute Gasteiger partial charge is 0.392 e. The molecule has 2 N–H and O–H groups in total. The van der Waals surface area contributed by atoms with E-state index in [0.29, 0.717) is 5.92 Å². The fourth-order valence-electron chi connectivity index (χ4n) is 4.08. The van der Waals surface area contributed by atoms with Gasteiger partial charge in [0.15, 0.2) is 5.96 Å². The van der Waals surface area contributed by atoms with E-state index in [2.05, 4.69) is 33.4 Å². The number of likely N-dealkylation sites (tertiary alicyclic amines) is 1. The molecular formula is C18H32IN5O. The number of aromatic nitrogens is 2. The van der Waals surface area contributed by atoms with Crippen molar-refractivity contribution in [1.82, 2.24) is 20.0 Å². The zero-order valence-electron chi connectivity index (χ0n) is 15.6. The number of rotatable bonds is 3. The van der Waals surface area contributed by atoms with Crippen molar-refractivity contribution in [3.05, 3.63) is 18.0 Å². The minimum atomic E-state index is -0.210. The summed E-state index contributed by atoms with van der Waals surface area (Å²) in [5, 5.41) is 18.2. The van der Waals surface area contributed by atoms with Crippen LogP contribution in [0.2, 0.25) is 0 Å². The molecule has 0 radical (unpaired) electrons. The van der Waals surface area contributed by atoms with Crippen molar-refractivity contribution >= 4 is 29.9 Å². The summed E-state index contributed by atoms with van der Waals surface area (Å²) in [5.74, 6) is 1.48. The number of hydrogen-bond donors (Lipinski definition) is 2. The molecule has 1 saturated heterocycles. The second-order valence-electron chi connectivity index (χ2n) is 7.70. The summed E-state index contributed by atoms with van der Waals surface area (Å²) in [6.45, 7) is 4.97. The predicted molar refractivity (Wildman–Crippen MR) is 111 cm³/mol. The van der Waals surface area contributed by atoms with Gasteiger partial charge in [0.1, 0.15) is 0 Å². The predicted octanol–water partition coefficient (Wildman–Crippen LogP) is 2.34. The molecule has 0 bridgehead atoms. The van der Waals surface area contributed by atoms with Gasteiger partial charge < -0.3 is 15.3 Å². The number of guanidine groups is 1. The van der Waals surface area contributed by atoms with Crippen molar-refractivity contribution < 1.29 is 5.11 Å². The van der Waals surface area contributed by atoms with Crippen LogP contribution in [0.3, 0.4) is 0 Å². The summed E-state index contributed by atoms with van der Waals surface area (Å²) >= 11 is 0. The Morgan fingerprint density at radius 1 is 1.44 bits per heavy atom. The molecule has 1 aromatic heterocycles. The summed E-state index contributed by atoms with van der Waals surface area (Å²) in [6.07, 6.45) is 9.36. The van der Waals surface area contributed by atoms with E-state index in [0.717, 1.165) is 51.3 Å². The number of aryl methyl sites for hydroxylation is 1. The molecule has 3 unspecified atom stereocenters. The number of aliphatic hydroxyl groups is 1. The van der Waals surface area contributed by atoms with Crippen LogP contribution in [0.5, 0.6) is 0 Å². The van der Waals surface area contributed by atoms with Gasteiger partial charge in [-0.15, -0.1) is 24.0 Å². The standard InChI is InChI=1S/C18H31N5O.HI/c1-18(8-5-4-6-16(18)24)13-20-17(19-2)23-9-7-14(12-23)15-10-21-22(3)11-15;/h10-11,14,16,24H,4-9,12-13H2,1-3H3,(H,19,20);1H. The zero-order chi connectivity index (χ0) is 17.2. The van der Waals surface area contributed by atoms with Crippen molar-refractivity contribution in [2.75, 3.05) is 26.7 Å². The molecular weight excluding hydrogens is 429 g/mol. The molecule has 142 valence electrons. The van der Waals surface area contributed by atoms with Gasteiger partial charge in [-0.2, -0.15) is 5.10 Å². The molecule has 2 heterocycles. The Kier molecular flexibility index (Phi) is 7.13. The highest BCUT2D eigenvalue weighted by Gasteiger charge is 2.36. The molecule has 0 aromatic carbocycles. The Labute approximate surface area is 168 Å². The number of hydrogen-bond acceptors (Lipinski definition) is 3. The normalized spacial score (nSPS) is 30.2. The van der Waals surface area contributed by atoms with Crippen LogP contribution in [-0.4, -0.2) is 58.5 Å². The maximum atomic E-state index is 10.4. The first-order valence-electron chi connectivity index (χ1n) is 9.14. The van der Waals surface area contributed by atoms with Gasteiger partial charge in [-0.3, -0.25) is 9.67 Å². The Balaban J connectivity index is 0.00000225. The first kappa shape index (κ1) is 20.5. The number of halogens is 1. The highest BCUT2D eigenvalue weighted by molar-refractivity contribution is 14.0. The molecule has 7 heteroatoms. The molecule has 1 saturated carbocycles. The van der Waals surface area contributed by atoms with E-state index >= 15 is 0 Å². The second-order valence-corrected chi connectivity index (χ2v) is 7.70. The summed E-state index contributed by atoms with van der Waals surface area (Å²) in [7, 11) is 3.81. The monoisotopic (exact) mass is 461 g/mol. The van der Waals surface area contributed by atoms with E-state index < -0.39 is 0 Å². The molecule has 0 spiro atoms. The van der Waals surface area contributed by atoms with Crippen LogP contribution >= 0.6 is 24.0 Å². The Morgan fingerprint density at radius 2 is 2.24 bits per heavy atom. The SMILES string of the molecule is CN=C(NCC1(C)CCCCC1O)N1CCC(c2cnn(C)c2)C1.I. The second kappa shape index (κ2) is 8.70. The van der Waals surface area contributed by atoms with E-state index in [4.69, 9.17) is 0 Å². The highest BCUT2D eigenvalue weighted by Crippen LogP contribution is 2.35. The molecule has 25 heavy (non-hydrogen) atoms. The van der Waals surface area contributed by atoms with E-state index in [1.54, 1.807) is 0 Å². The minimum Gasteiger partial charge on any atom is -0.392 e. The molecule has 1 aromatic rings. The third-order valence-corrected chi connectivity index (χ3v) is 5.83. The first-order valence-corrected chi connectivity index (χ1v) is 9.14. The maximum absolute atomic E-state index is 10.4. The van der Waals surface area contributed by atoms with E-state index in [9.17, 15) is 5.11 Å². The lowest BCUT2D eigenvalue weighted by molar-refractivity contribution is 0.00370. The Hall–Kier alpha value is -0.830. The van der Waals surface area contributed by atoms with Gasteiger partial charge >= 0.3 is 0 Å². The summed E-state index contributed by atoms with van der Waals surface area (Å²) < 4.78 is 1.87. The smallest absolute Gasteiger partial charge is 0.193 e. The van der Waals surface area contributed by atoms with Gasteiger partial charge in [0.2, 0.25) is 0 Å². The van der Waals surface area contributed by atoms with Crippen molar-refractivity contribution in [1.29, 1.82) is 0 Å². The van der Waals surface area contributed by atoms with Crippen LogP contribution < -0.4 is 5.32 Å². The Morgan fingerprint density at radius 3 is 2.88 bits per heavy atom. The van der Waals surface area contributed by atoms with Gasteiger partial charge in [0, 0.05) is 51.3 Å². The minimum absolute atomic E-state index is 0. The van der Waals surface area contributed by atoms with Crippen LogP contribution in [-0.2, 0) is 7.05 Å². The fraction of sp³-hybridized carbons (Fsp3) is 0.778. The molecule has 6 nitrogen and oxygen atoms in total. The van der Waals surface area contributed by atoms with Gasteiger partial charge in [-0.25, -0.2) is 0 Å². The molecule has 2 aliphatic rings. The Bertz CT molecular complexity index is 590. The van der Waals surface area contributed by atoms with Gasteiger partial charge in [0.05, 0.1) is 12.3 Å². The lowest BCUT2D eigenvalue weighted by Crippen LogP contribution is -2.49. The molecule has 3 atom stereocenters. The van der Waals surface area contributed by atoms with Crippen LogP contribution in [0.25, 0.3) is 0 Å². The van der Waals surface area contributed by atoms with Crippen molar-refractivity contribution in [2.45, 2.75) is 51.0 Å². The van der Waals surface area contributed by atoms with Crippen LogP contribution in [0.1, 0.15) is 50.5 Å². The van der Waals surface area contributed by atoms with Crippen molar-refractivity contribution in [3.8, 4) is 0 Å².